The number of halogens is 3. The van der Waals surface area contributed by atoms with Gasteiger partial charge >= 0.3 is 6.18 Å². The number of para-hydroxylation sites is 1. The van der Waals surface area contributed by atoms with Crippen LogP contribution in [0.15, 0.2) is 36.7 Å². The fourth-order valence-electron chi connectivity index (χ4n) is 2.45. The molecule has 1 aromatic heterocycles. The van der Waals surface area contributed by atoms with E-state index in [0.717, 1.165) is 32.0 Å². The summed E-state index contributed by atoms with van der Waals surface area (Å²) in [5.41, 5.74) is -0.740. The van der Waals surface area contributed by atoms with Crippen LogP contribution in [0.25, 0.3) is 0 Å². The molecule has 0 spiro atoms. The first-order valence-electron chi connectivity index (χ1n) is 7.96. The van der Waals surface area contributed by atoms with Gasteiger partial charge in [-0.1, -0.05) is 26.0 Å². The van der Waals surface area contributed by atoms with Crippen molar-refractivity contribution in [3.05, 3.63) is 42.2 Å². The molecule has 2 aromatic rings. The Morgan fingerprint density at radius 1 is 1.04 bits per heavy atom. The Morgan fingerprint density at radius 3 is 2.33 bits per heavy atom. The molecule has 0 amide bonds. The maximum absolute atomic E-state index is 13.1. The van der Waals surface area contributed by atoms with Crippen molar-refractivity contribution >= 4 is 17.3 Å². The van der Waals surface area contributed by atoms with Gasteiger partial charge in [0.2, 0.25) is 0 Å². The molecule has 4 nitrogen and oxygen atoms in total. The normalized spacial score (nSPS) is 11.4. The smallest absolute Gasteiger partial charge is 0.356 e. The maximum Gasteiger partial charge on any atom is 0.418 e. The van der Waals surface area contributed by atoms with Gasteiger partial charge < -0.3 is 10.2 Å². The Hall–Kier alpha value is -2.31. The highest BCUT2D eigenvalue weighted by Gasteiger charge is 2.33. The number of nitrogens with zero attached hydrogens (tertiary/aromatic N) is 3. The Bertz CT molecular complexity index is 652. The van der Waals surface area contributed by atoms with Crippen molar-refractivity contribution in [2.75, 3.05) is 23.3 Å². The van der Waals surface area contributed by atoms with Crippen molar-refractivity contribution in [3.8, 4) is 0 Å². The lowest BCUT2D eigenvalue weighted by atomic mass is 10.1. The summed E-state index contributed by atoms with van der Waals surface area (Å²) >= 11 is 0. The molecular formula is C17H21F3N4. The SMILES string of the molecule is CCCN(CCC)c1cc(Nc2ccccc2C(F)(F)F)ncn1. The fourth-order valence-corrected chi connectivity index (χ4v) is 2.45. The van der Waals surface area contributed by atoms with E-state index in [1.807, 2.05) is 0 Å². The van der Waals surface area contributed by atoms with Gasteiger partial charge in [-0.2, -0.15) is 13.2 Å². The molecule has 1 heterocycles. The molecule has 0 radical (unpaired) electrons. The van der Waals surface area contributed by atoms with Crippen molar-refractivity contribution in [1.82, 2.24) is 9.97 Å². The molecule has 1 N–H and O–H groups in total. The second-order valence-corrected chi connectivity index (χ2v) is 5.42. The second-order valence-electron chi connectivity index (χ2n) is 5.42. The van der Waals surface area contributed by atoms with Gasteiger partial charge in [-0.05, 0) is 25.0 Å². The minimum Gasteiger partial charge on any atom is -0.356 e. The van der Waals surface area contributed by atoms with E-state index in [1.165, 1.54) is 18.5 Å². The van der Waals surface area contributed by atoms with Crippen LogP contribution in [0.5, 0.6) is 0 Å². The number of nitrogens with one attached hydrogen (secondary N) is 1. The van der Waals surface area contributed by atoms with Gasteiger partial charge in [0.05, 0.1) is 11.3 Å². The van der Waals surface area contributed by atoms with Crippen LogP contribution in [0, 0.1) is 0 Å². The summed E-state index contributed by atoms with van der Waals surface area (Å²) in [5, 5.41) is 2.76. The Balaban J connectivity index is 2.27. The molecule has 2 rings (SSSR count). The van der Waals surface area contributed by atoms with Crippen molar-refractivity contribution < 1.29 is 13.2 Å². The van der Waals surface area contributed by atoms with Crippen LogP contribution in [-0.2, 0) is 6.18 Å². The van der Waals surface area contributed by atoms with Gasteiger partial charge in [-0.15, -0.1) is 0 Å². The minimum atomic E-state index is -4.42. The third-order valence-corrected chi connectivity index (χ3v) is 3.46. The summed E-state index contributed by atoms with van der Waals surface area (Å²) in [7, 11) is 0. The van der Waals surface area contributed by atoms with Gasteiger partial charge in [0.25, 0.3) is 0 Å². The first kappa shape index (κ1) is 18.0. The molecule has 0 atom stereocenters. The number of hydrogen-bond donors (Lipinski definition) is 1. The van der Waals surface area contributed by atoms with E-state index in [0.29, 0.717) is 11.6 Å². The van der Waals surface area contributed by atoms with Crippen LogP contribution < -0.4 is 10.2 Å². The molecular weight excluding hydrogens is 317 g/mol. The van der Waals surface area contributed by atoms with Crippen LogP contribution in [0.4, 0.5) is 30.5 Å². The van der Waals surface area contributed by atoms with E-state index >= 15 is 0 Å². The standard InChI is InChI=1S/C17H21F3N4/c1-3-9-24(10-4-2)16-11-15(21-12-22-16)23-14-8-6-5-7-13(14)17(18,19)20/h5-8,11-12H,3-4,9-10H2,1-2H3,(H,21,22,23). The fraction of sp³-hybridized carbons (Fsp3) is 0.412. The second kappa shape index (κ2) is 7.99. The third kappa shape index (κ3) is 4.59. The molecule has 0 saturated carbocycles. The van der Waals surface area contributed by atoms with Crippen LogP contribution in [0.3, 0.4) is 0 Å². The maximum atomic E-state index is 13.1. The molecule has 0 aliphatic carbocycles. The van der Waals surface area contributed by atoms with Crippen LogP contribution >= 0.6 is 0 Å². The predicted molar refractivity (Wildman–Crippen MR) is 89.6 cm³/mol. The highest BCUT2D eigenvalue weighted by Crippen LogP contribution is 2.35. The number of aromatic nitrogens is 2. The number of rotatable bonds is 7. The number of benzene rings is 1. The molecule has 130 valence electrons. The van der Waals surface area contributed by atoms with Gasteiger partial charge in [0.1, 0.15) is 18.0 Å². The average molecular weight is 338 g/mol. The summed E-state index contributed by atoms with van der Waals surface area (Å²) in [6, 6.07) is 7.04. The van der Waals surface area contributed by atoms with E-state index in [4.69, 9.17) is 0 Å². The molecule has 1 aromatic carbocycles. The van der Waals surface area contributed by atoms with Crippen molar-refractivity contribution in [1.29, 1.82) is 0 Å². The van der Waals surface area contributed by atoms with Gasteiger partial charge in [0.15, 0.2) is 0 Å². The van der Waals surface area contributed by atoms with Crippen LogP contribution in [0.1, 0.15) is 32.3 Å². The Kier molecular flexibility index (Phi) is 6.00. The molecule has 0 saturated heterocycles. The summed E-state index contributed by atoms with van der Waals surface area (Å²) in [6.07, 6.45) is -1.13. The van der Waals surface area contributed by atoms with Crippen molar-refractivity contribution in [2.24, 2.45) is 0 Å². The van der Waals surface area contributed by atoms with Gasteiger partial charge in [-0.25, -0.2) is 9.97 Å². The van der Waals surface area contributed by atoms with Crippen LogP contribution in [0.2, 0.25) is 0 Å². The van der Waals surface area contributed by atoms with E-state index in [2.05, 4.69) is 34.0 Å². The zero-order valence-corrected chi connectivity index (χ0v) is 13.8. The zero-order valence-electron chi connectivity index (χ0n) is 13.8. The van der Waals surface area contributed by atoms with E-state index in [1.54, 1.807) is 12.1 Å². The molecule has 24 heavy (non-hydrogen) atoms. The summed E-state index contributed by atoms with van der Waals surface area (Å²) in [4.78, 5) is 10.4. The third-order valence-electron chi connectivity index (χ3n) is 3.46. The molecule has 0 fully saturated rings. The highest BCUT2D eigenvalue weighted by molar-refractivity contribution is 5.63. The summed E-state index contributed by atoms with van der Waals surface area (Å²) in [6.45, 7) is 5.82. The first-order chi connectivity index (χ1) is 11.5. The summed E-state index contributed by atoms with van der Waals surface area (Å²) < 4.78 is 39.2. The topological polar surface area (TPSA) is 41.0 Å². The lowest BCUT2D eigenvalue weighted by Gasteiger charge is -2.23. The molecule has 0 bridgehead atoms. The molecule has 0 unspecified atom stereocenters. The lowest BCUT2D eigenvalue weighted by molar-refractivity contribution is -0.136. The number of anilines is 3. The predicted octanol–water partition coefficient (Wildman–Crippen LogP) is 4.87. The van der Waals surface area contributed by atoms with E-state index in [9.17, 15) is 13.2 Å². The highest BCUT2D eigenvalue weighted by atomic mass is 19.4. The van der Waals surface area contributed by atoms with E-state index in [-0.39, 0.29) is 5.69 Å². The van der Waals surface area contributed by atoms with Crippen LogP contribution in [-0.4, -0.2) is 23.1 Å². The quantitative estimate of drug-likeness (QED) is 0.782. The number of hydrogen-bond acceptors (Lipinski definition) is 4. The minimum absolute atomic E-state index is 0.0211. The Morgan fingerprint density at radius 2 is 1.71 bits per heavy atom. The first-order valence-corrected chi connectivity index (χ1v) is 7.96. The van der Waals surface area contributed by atoms with E-state index < -0.39 is 11.7 Å². The molecule has 0 aliphatic heterocycles. The Labute approximate surface area is 139 Å². The molecule has 7 heteroatoms. The summed E-state index contributed by atoms with van der Waals surface area (Å²) in [5.74, 6) is 1.05. The van der Waals surface area contributed by atoms with Gasteiger partial charge in [0, 0.05) is 19.2 Å². The lowest BCUT2D eigenvalue weighted by Crippen LogP contribution is -2.26. The zero-order chi connectivity index (χ0) is 17.6. The van der Waals surface area contributed by atoms with Gasteiger partial charge in [-0.3, -0.25) is 0 Å². The van der Waals surface area contributed by atoms with Crippen molar-refractivity contribution in [2.45, 2.75) is 32.9 Å². The monoisotopic (exact) mass is 338 g/mol. The average Bonchev–Trinajstić information content (AvgIpc) is 2.54. The van der Waals surface area contributed by atoms with Crippen molar-refractivity contribution in [3.63, 3.8) is 0 Å². The molecule has 0 aliphatic rings. The number of alkyl halides is 3. The largest absolute Gasteiger partial charge is 0.418 e.